The van der Waals surface area contributed by atoms with Gasteiger partial charge in [-0.05, 0) is 42.0 Å². The van der Waals surface area contributed by atoms with Gasteiger partial charge in [0.05, 0.1) is 6.61 Å². The van der Waals surface area contributed by atoms with Gasteiger partial charge < -0.3 is 9.84 Å². The summed E-state index contributed by atoms with van der Waals surface area (Å²) in [6, 6.07) is 15.6. The molecule has 1 N–H and O–H groups in total. The summed E-state index contributed by atoms with van der Waals surface area (Å²) in [7, 11) is 0. The fourth-order valence-electron chi connectivity index (χ4n) is 3.75. The van der Waals surface area contributed by atoms with E-state index in [9.17, 15) is 5.11 Å². The third-order valence-corrected chi connectivity index (χ3v) is 7.30. The van der Waals surface area contributed by atoms with E-state index in [1.165, 1.54) is 0 Å². The van der Waals surface area contributed by atoms with Crippen molar-refractivity contribution in [2.75, 3.05) is 0 Å². The highest BCUT2D eigenvalue weighted by Crippen LogP contribution is 2.32. The topological polar surface area (TPSA) is 38.3 Å². The Kier molecular flexibility index (Phi) is 9.48. The largest absolute Gasteiger partial charge is 0.384 e. The highest BCUT2D eigenvalue weighted by molar-refractivity contribution is 6.36. The van der Waals surface area contributed by atoms with Crippen LogP contribution in [0.5, 0.6) is 0 Å². The number of rotatable bonds is 9. The predicted molar refractivity (Wildman–Crippen MR) is 147 cm³/mol. The molecule has 4 nitrogen and oxygen atoms in total. The lowest BCUT2D eigenvalue weighted by atomic mass is 10.1. The first-order chi connectivity index (χ1) is 17.2. The number of hydrogen-bond acceptors (Lipinski definition) is 2. The van der Waals surface area contributed by atoms with Crippen LogP contribution in [0.2, 0.25) is 30.1 Å². The van der Waals surface area contributed by atoms with Crippen molar-refractivity contribution < 1.29 is 14.4 Å². The predicted octanol–water partition coefficient (Wildman–Crippen LogP) is 8.39. The first kappa shape index (κ1) is 27.6. The highest BCUT2D eigenvalue weighted by atomic mass is 35.5. The van der Waals surface area contributed by atoms with Crippen LogP contribution in [-0.4, -0.2) is 9.67 Å². The average molecular weight is 606 g/mol. The summed E-state index contributed by atoms with van der Waals surface area (Å²) in [6.45, 7) is 1.02. The Hall–Kier alpha value is -1.47. The van der Waals surface area contributed by atoms with Gasteiger partial charge in [0.25, 0.3) is 0 Å². The molecule has 4 aromatic rings. The molecule has 2 unspecified atom stereocenters. The van der Waals surface area contributed by atoms with E-state index < -0.39 is 12.2 Å². The molecule has 0 saturated heterocycles. The Bertz CT molecular complexity index is 1360. The second kappa shape index (κ2) is 12.4. The van der Waals surface area contributed by atoms with E-state index in [0.29, 0.717) is 48.8 Å². The summed E-state index contributed by atoms with van der Waals surface area (Å²) >= 11 is 37.2. The minimum Gasteiger partial charge on any atom is -0.384 e. The van der Waals surface area contributed by atoms with Crippen molar-refractivity contribution in [2.45, 2.75) is 31.9 Å². The molecule has 0 aliphatic heterocycles. The van der Waals surface area contributed by atoms with Crippen molar-refractivity contribution in [2.24, 2.45) is 0 Å². The van der Waals surface area contributed by atoms with Crippen LogP contribution in [0.25, 0.3) is 0 Å². The van der Waals surface area contributed by atoms with E-state index in [1.807, 2.05) is 40.0 Å². The van der Waals surface area contributed by atoms with Crippen molar-refractivity contribution in [3.63, 3.8) is 0 Å². The van der Waals surface area contributed by atoms with Crippen LogP contribution in [0.1, 0.15) is 28.9 Å². The van der Waals surface area contributed by atoms with Crippen molar-refractivity contribution in [1.82, 2.24) is 4.57 Å². The number of aliphatic hydroxyl groups is 1. The summed E-state index contributed by atoms with van der Waals surface area (Å²) < 4.78 is 10.1. The summed E-state index contributed by atoms with van der Waals surface area (Å²) in [5.74, 6) is 0. The lowest BCUT2D eigenvalue weighted by Gasteiger charge is -2.19. The van der Waals surface area contributed by atoms with E-state index in [0.717, 1.165) is 11.1 Å². The molecule has 0 amide bonds. The smallest absolute Gasteiger partial charge is 0.243 e. The SMILES string of the molecule is OC(C[n+]1ccn(CC(OCc2ccc(Cl)cc2Cl)c2ccc(Cl)cc2Cl)c1)c1ccc(Cl)cc1Cl. The maximum Gasteiger partial charge on any atom is 0.243 e. The summed E-state index contributed by atoms with van der Waals surface area (Å²) in [5, 5.41) is 13.8. The van der Waals surface area contributed by atoms with Gasteiger partial charge in [-0.2, -0.15) is 0 Å². The van der Waals surface area contributed by atoms with Crippen molar-refractivity contribution >= 4 is 69.6 Å². The number of benzene rings is 3. The van der Waals surface area contributed by atoms with Gasteiger partial charge >= 0.3 is 0 Å². The van der Waals surface area contributed by atoms with Gasteiger partial charge in [-0.25, -0.2) is 9.13 Å². The molecule has 188 valence electrons. The van der Waals surface area contributed by atoms with Gasteiger partial charge in [0.2, 0.25) is 6.33 Å². The van der Waals surface area contributed by atoms with E-state index in [4.69, 9.17) is 74.3 Å². The van der Waals surface area contributed by atoms with Crippen LogP contribution in [0.3, 0.4) is 0 Å². The van der Waals surface area contributed by atoms with Crippen LogP contribution < -0.4 is 4.57 Å². The number of aliphatic hydroxyl groups excluding tert-OH is 1. The zero-order valence-electron chi connectivity index (χ0n) is 18.7. The number of nitrogens with zero attached hydrogens (tertiary/aromatic N) is 2. The van der Waals surface area contributed by atoms with Gasteiger partial charge in [0.1, 0.15) is 37.7 Å². The zero-order valence-corrected chi connectivity index (χ0v) is 23.3. The molecular weight excluding hydrogens is 585 g/mol. The third-order valence-electron chi connectivity index (χ3n) is 5.59. The second-order valence-corrected chi connectivity index (χ2v) is 10.7. The lowest BCUT2D eigenvalue weighted by molar-refractivity contribution is -0.704. The summed E-state index contributed by atoms with van der Waals surface area (Å²) in [5.41, 5.74) is 2.20. The van der Waals surface area contributed by atoms with E-state index in [1.54, 1.807) is 42.5 Å². The summed E-state index contributed by atoms with van der Waals surface area (Å²) in [6.07, 6.45) is 4.43. The molecule has 0 saturated carbocycles. The van der Waals surface area contributed by atoms with Crippen molar-refractivity contribution in [3.8, 4) is 0 Å². The minimum atomic E-state index is -0.805. The van der Waals surface area contributed by atoms with E-state index in [2.05, 4.69) is 0 Å². The Balaban J connectivity index is 1.51. The molecular formula is C26H21Cl6N2O2+. The third kappa shape index (κ3) is 7.09. The number of halogens is 6. The number of ether oxygens (including phenoxy) is 1. The Morgan fingerprint density at radius 2 is 1.36 bits per heavy atom. The van der Waals surface area contributed by atoms with Gasteiger partial charge in [0, 0.05) is 41.3 Å². The maximum atomic E-state index is 10.7. The molecule has 2 atom stereocenters. The van der Waals surface area contributed by atoms with Crippen LogP contribution in [0.15, 0.2) is 73.3 Å². The first-order valence-corrected chi connectivity index (χ1v) is 13.1. The van der Waals surface area contributed by atoms with Crippen LogP contribution in [0.4, 0.5) is 0 Å². The number of aromatic nitrogens is 2. The monoisotopic (exact) mass is 603 g/mol. The molecule has 4 rings (SSSR count). The molecule has 3 aromatic carbocycles. The van der Waals surface area contributed by atoms with Crippen LogP contribution >= 0.6 is 69.6 Å². The standard InChI is InChI=1S/C26H21Cl6N2O2/c27-17-2-1-16(22(30)9-17)14-36-26(21-6-4-19(29)11-24(21)32)13-34-8-7-33(15-34)12-25(35)20-5-3-18(28)10-23(20)31/h1-11,15,25-26,35H,12-14H2/q+1. The Morgan fingerprint density at radius 3 is 1.97 bits per heavy atom. The van der Waals surface area contributed by atoms with Gasteiger partial charge in [0.15, 0.2) is 0 Å². The van der Waals surface area contributed by atoms with Crippen LogP contribution in [-0.2, 0) is 24.4 Å². The first-order valence-electron chi connectivity index (χ1n) is 10.9. The maximum absolute atomic E-state index is 10.7. The molecule has 0 spiro atoms. The molecule has 0 radical (unpaired) electrons. The molecule has 1 heterocycles. The Labute approximate surface area is 239 Å². The molecule has 0 aliphatic rings. The minimum absolute atomic E-state index is 0.259. The molecule has 0 bridgehead atoms. The fraction of sp³-hybridized carbons (Fsp3) is 0.192. The van der Waals surface area contributed by atoms with E-state index >= 15 is 0 Å². The fourth-order valence-corrected chi connectivity index (χ4v) is 5.28. The van der Waals surface area contributed by atoms with Crippen molar-refractivity contribution in [1.29, 1.82) is 0 Å². The average Bonchev–Trinajstić information content (AvgIpc) is 3.24. The van der Waals surface area contributed by atoms with Crippen LogP contribution in [0, 0.1) is 0 Å². The lowest BCUT2D eigenvalue weighted by Crippen LogP contribution is -2.34. The van der Waals surface area contributed by atoms with E-state index in [-0.39, 0.29) is 6.61 Å². The van der Waals surface area contributed by atoms with Gasteiger partial charge in [-0.1, -0.05) is 87.8 Å². The summed E-state index contributed by atoms with van der Waals surface area (Å²) in [4.78, 5) is 0. The van der Waals surface area contributed by atoms with Gasteiger partial charge in [-0.3, -0.25) is 0 Å². The molecule has 10 heteroatoms. The normalized spacial score (nSPS) is 13.1. The number of imidazole rings is 1. The zero-order chi connectivity index (χ0) is 25.8. The van der Waals surface area contributed by atoms with Crippen molar-refractivity contribution in [3.05, 3.63) is 120 Å². The highest BCUT2D eigenvalue weighted by Gasteiger charge is 2.22. The molecule has 36 heavy (non-hydrogen) atoms. The second-order valence-electron chi connectivity index (χ2n) is 8.19. The molecule has 0 aliphatic carbocycles. The molecule has 0 fully saturated rings. The quantitative estimate of drug-likeness (QED) is 0.195. The Morgan fingerprint density at radius 1 is 0.778 bits per heavy atom. The molecule has 1 aromatic heterocycles. The number of hydrogen-bond donors (Lipinski definition) is 1. The van der Waals surface area contributed by atoms with Gasteiger partial charge in [-0.15, -0.1) is 0 Å².